The number of amides is 2. The average molecular weight is 693 g/mol. The van der Waals surface area contributed by atoms with Crippen LogP contribution in [0.15, 0.2) is 48.5 Å². The van der Waals surface area contributed by atoms with E-state index >= 15 is 0 Å². The van der Waals surface area contributed by atoms with E-state index in [-0.39, 0.29) is 58.6 Å². The zero-order valence-electron chi connectivity index (χ0n) is 29.3. The number of halogens is 2. The molecule has 4 heterocycles. The summed E-state index contributed by atoms with van der Waals surface area (Å²) in [6.07, 6.45) is 11.8. The molecule has 50 heavy (non-hydrogen) atoms. The van der Waals surface area contributed by atoms with Crippen LogP contribution >= 0.6 is 0 Å². The first-order valence-corrected chi connectivity index (χ1v) is 19.2. The highest BCUT2D eigenvalue weighted by Gasteiger charge is 2.52. The topological polar surface area (TPSA) is 87.6 Å². The molecule has 2 N–H and O–H groups in total. The molecule has 2 saturated carbocycles. The fourth-order valence-electron chi connectivity index (χ4n) is 9.98. The normalized spacial score (nSPS) is 33.3. The number of carbonyl (C=O) groups excluding carboxylic acids is 2. The number of benzene rings is 2. The van der Waals surface area contributed by atoms with E-state index in [0.29, 0.717) is 24.5 Å². The number of carbonyl (C=O) groups is 2. The second kappa shape index (κ2) is 14.8. The predicted molar refractivity (Wildman–Crippen MR) is 190 cm³/mol. The van der Waals surface area contributed by atoms with Crippen LogP contribution in [0.25, 0.3) is 0 Å². The van der Waals surface area contributed by atoms with Crippen LogP contribution in [0.5, 0.6) is 0 Å². The lowest BCUT2D eigenvalue weighted by molar-refractivity contribution is -0.140. The second-order valence-electron chi connectivity index (χ2n) is 15.9. The van der Waals surface area contributed by atoms with Gasteiger partial charge in [-0.3, -0.25) is 9.59 Å². The van der Waals surface area contributed by atoms with Gasteiger partial charge in [0.15, 0.2) is 0 Å². The monoisotopic (exact) mass is 692 g/mol. The van der Waals surface area contributed by atoms with Crippen LogP contribution in [0.1, 0.15) is 89.9 Å². The minimum absolute atomic E-state index is 0.200. The molecular weight excluding hydrogens is 638 g/mol. The smallest absolute Gasteiger partial charge is 0.230 e. The third-order valence-electron chi connectivity index (χ3n) is 12.8. The van der Waals surface area contributed by atoms with Crippen LogP contribution in [0.3, 0.4) is 0 Å². The summed E-state index contributed by atoms with van der Waals surface area (Å²) >= 11 is 0. The van der Waals surface area contributed by atoms with E-state index < -0.39 is 0 Å². The summed E-state index contributed by atoms with van der Waals surface area (Å²) in [5.41, 5.74) is 0.537. The van der Waals surface area contributed by atoms with Crippen molar-refractivity contribution in [2.24, 2.45) is 10.8 Å². The molecule has 8 rings (SSSR count). The molecule has 2 aliphatic carbocycles. The summed E-state index contributed by atoms with van der Waals surface area (Å²) < 4.78 is 28.4. The van der Waals surface area contributed by atoms with Crippen molar-refractivity contribution in [2.45, 2.75) is 114 Å². The summed E-state index contributed by atoms with van der Waals surface area (Å²) in [6.45, 7) is 4.49. The fourth-order valence-corrected chi connectivity index (χ4v) is 9.98. The number of aliphatic hydroxyl groups excluding tert-OH is 2. The van der Waals surface area contributed by atoms with E-state index in [1.54, 1.807) is 12.1 Å². The minimum Gasteiger partial charge on any atom is -0.393 e. The largest absolute Gasteiger partial charge is 0.393 e. The van der Waals surface area contributed by atoms with E-state index in [9.17, 15) is 28.6 Å². The van der Waals surface area contributed by atoms with Gasteiger partial charge in [0.2, 0.25) is 11.8 Å². The number of nitrogens with zero attached hydrogens (tertiary/aromatic N) is 4. The molecule has 2 atom stereocenters. The lowest BCUT2D eigenvalue weighted by Gasteiger charge is -2.41. The number of hydrogen-bond acceptors (Lipinski definition) is 6. The molecule has 4 saturated heterocycles. The van der Waals surface area contributed by atoms with Gasteiger partial charge in [0, 0.05) is 51.4 Å². The maximum atomic E-state index is 14.2. The third kappa shape index (κ3) is 6.99. The lowest BCUT2D eigenvalue weighted by Crippen LogP contribution is -2.50. The van der Waals surface area contributed by atoms with Gasteiger partial charge in [0.05, 0.1) is 34.4 Å². The van der Waals surface area contributed by atoms with E-state index in [2.05, 4.69) is 19.6 Å². The van der Waals surface area contributed by atoms with Crippen molar-refractivity contribution >= 4 is 23.2 Å². The number of hydrogen-bond donors (Lipinski definition) is 2. The van der Waals surface area contributed by atoms with Gasteiger partial charge in [-0.25, -0.2) is 8.78 Å². The molecule has 0 unspecified atom stereocenters. The summed E-state index contributed by atoms with van der Waals surface area (Å²) in [6, 6.07) is 14.3. The number of aliphatic hydroxyl groups is 2. The Balaban J connectivity index is 0.000000157. The van der Waals surface area contributed by atoms with Crippen molar-refractivity contribution in [1.82, 2.24) is 9.80 Å². The first-order chi connectivity index (χ1) is 24.2. The molecule has 2 aromatic rings. The van der Waals surface area contributed by atoms with E-state index in [4.69, 9.17) is 0 Å². The summed E-state index contributed by atoms with van der Waals surface area (Å²) in [5.74, 6) is 0.107. The highest BCUT2D eigenvalue weighted by atomic mass is 19.1. The Hall–Kier alpha value is -3.24. The van der Waals surface area contributed by atoms with Crippen LogP contribution < -0.4 is 9.80 Å². The second-order valence-corrected chi connectivity index (χ2v) is 15.9. The van der Waals surface area contributed by atoms with Crippen LogP contribution in [0.2, 0.25) is 0 Å². The molecule has 10 heteroatoms. The number of likely N-dealkylation sites (tertiary alicyclic amines) is 2. The fraction of sp³-hybridized carbons (Fsp3) is 0.650. The average Bonchev–Trinajstić information content (AvgIpc) is 3.60. The molecule has 272 valence electrons. The summed E-state index contributed by atoms with van der Waals surface area (Å²) in [4.78, 5) is 34.8. The summed E-state index contributed by atoms with van der Waals surface area (Å²) in [7, 11) is 0. The Morgan fingerprint density at radius 3 is 1.30 bits per heavy atom. The lowest BCUT2D eigenvalue weighted by atomic mass is 9.78. The van der Waals surface area contributed by atoms with Gasteiger partial charge in [-0.2, -0.15) is 0 Å². The Bertz CT molecular complexity index is 1400. The number of piperidine rings is 2. The maximum absolute atomic E-state index is 14.2. The number of rotatable bonds is 4. The van der Waals surface area contributed by atoms with E-state index in [0.717, 1.165) is 116 Å². The van der Waals surface area contributed by atoms with Gasteiger partial charge in [-0.1, -0.05) is 24.3 Å². The third-order valence-corrected chi connectivity index (χ3v) is 12.8. The van der Waals surface area contributed by atoms with Crippen molar-refractivity contribution in [3.8, 4) is 0 Å². The number of anilines is 2. The molecular formula is C40H54F2N4O4. The molecule has 4 aliphatic heterocycles. The van der Waals surface area contributed by atoms with E-state index in [1.165, 1.54) is 12.1 Å². The molecule has 6 aliphatic rings. The van der Waals surface area contributed by atoms with Gasteiger partial charge < -0.3 is 29.8 Å². The molecule has 0 bridgehead atoms. The van der Waals surface area contributed by atoms with Crippen LogP contribution in [-0.2, 0) is 9.59 Å². The summed E-state index contributed by atoms with van der Waals surface area (Å²) in [5, 5.41) is 19.4. The first-order valence-electron chi connectivity index (χ1n) is 19.2. The quantitative estimate of drug-likeness (QED) is 0.416. The molecule has 0 radical (unpaired) electrons. The highest BCUT2D eigenvalue weighted by molar-refractivity contribution is 5.87. The van der Waals surface area contributed by atoms with Gasteiger partial charge >= 0.3 is 0 Å². The molecule has 0 aromatic heterocycles. The minimum atomic E-state index is -0.351. The van der Waals surface area contributed by atoms with Gasteiger partial charge in [-0.05, 0) is 114 Å². The number of para-hydroxylation sites is 2. The Morgan fingerprint density at radius 1 is 0.540 bits per heavy atom. The highest BCUT2D eigenvalue weighted by Crippen LogP contribution is 2.45. The maximum Gasteiger partial charge on any atom is 0.230 e. The molecule has 2 aromatic carbocycles. The molecule has 6 fully saturated rings. The zero-order valence-corrected chi connectivity index (χ0v) is 29.3. The Labute approximate surface area is 295 Å². The van der Waals surface area contributed by atoms with E-state index in [1.807, 2.05) is 24.3 Å². The predicted octanol–water partition coefficient (Wildman–Crippen LogP) is 5.90. The SMILES string of the molecule is O=C1N(C2CCC(O)CC2)CC[C@]12CCCN(c1ccccc1F)C2.O=C1N(C2CCC(O)CC2)CC[C@]12CCCN(c1ccccc1F)C2. The zero-order chi connectivity index (χ0) is 34.9. The van der Waals surface area contributed by atoms with Gasteiger partial charge in [0.25, 0.3) is 0 Å². The van der Waals surface area contributed by atoms with Gasteiger partial charge in [-0.15, -0.1) is 0 Å². The van der Waals surface area contributed by atoms with Crippen LogP contribution in [0, 0.1) is 22.5 Å². The van der Waals surface area contributed by atoms with Crippen molar-refractivity contribution in [2.75, 3.05) is 49.1 Å². The first kappa shape index (κ1) is 35.2. The standard InChI is InChI=1S/2C20H27FN2O2/c2*21-17-4-1-2-5-18(17)22-12-3-10-20(14-22)11-13-23(19(20)25)15-6-8-16(24)9-7-15/h2*1-2,4-5,15-16,24H,3,6-14H2/t2*15?,16?,20-/m00/s1. The van der Waals surface area contributed by atoms with Crippen molar-refractivity contribution in [3.63, 3.8) is 0 Å². The Kier molecular flexibility index (Phi) is 10.4. The van der Waals surface area contributed by atoms with Gasteiger partial charge in [0.1, 0.15) is 11.6 Å². The molecule has 8 nitrogen and oxygen atoms in total. The Morgan fingerprint density at radius 2 is 0.920 bits per heavy atom. The molecule has 2 spiro atoms. The van der Waals surface area contributed by atoms with Crippen molar-refractivity contribution in [3.05, 3.63) is 60.2 Å². The molecule has 2 amide bonds. The van der Waals surface area contributed by atoms with Crippen molar-refractivity contribution < 1.29 is 28.6 Å². The van der Waals surface area contributed by atoms with Crippen LogP contribution in [0.4, 0.5) is 20.2 Å². The van der Waals surface area contributed by atoms with Crippen LogP contribution in [-0.4, -0.2) is 95.4 Å². The van der Waals surface area contributed by atoms with Crippen molar-refractivity contribution in [1.29, 1.82) is 0 Å².